The van der Waals surface area contributed by atoms with Crippen LogP contribution in [0.15, 0.2) is 42.7 Å². The molecule has 25 heavy (non-hydrogen) atoms. The van der Waals surface area contributed by atoms with Crippen LogP contribution in [0.5, 0.6) is 0 Å². The van der Waals surface area contributed by atoms with Crippen LogP contribution in [0.2, 0.25) is 0 Å². The number of hydrogen-bond acceptors (Lipinski definition) is 5. The van der Waals surface area contributed by atoms with Crippen LogP contribution < -0.4 is 10.2 Å². The van der Waals surface area contributed by atoms with Gasteiger partial charge in [0.15, 0.2) is 0 Å². The predicted molar refractivity (Wildman–Crippen MR) is 98.3 cm³/mol. The third kappa shape index (κ3) is 5.00. The van der Waals surface area contributed by atoms with Gasteiger partial charge in [-0.1, -0.05) is 29.8 Å². The van der Waals surface area contributed by atoms with Crippen LogP contribution in [-0.4, -0.2) is 53.5 Å². The van der Waals surface area contributed by atoms with E-state index in [1.165, 1.54) is 11.1 Å². The lowest BCUT2D eigenvalue weighted by Gasteiger charge is -2.34. The number of anilines is 1. The molecule has 0 aliphatic carbocycles. The molecule has 1 amide bonds. The SMILES string of the molecule is Cc1cccc(CNCCC(=O)N2CCN(c3ncccn3)CC2)c1. The first-order valence-corrected chi connectivity index (χ1v) is 8.78. The van der Waals surface area contributed by atoms with Crippen LogP contribution in [-0.2, 0) is 11.3 Å². The second-order valence-corrected chi connectivity index (χ2v) is 6.33. The van der Waals surface area contributed by atoms with Crippen molar-refractivity contribution in [2.24, 2.45) is 0 Å². The quantitative estimate of drug-likeness (QED) is 0.810. The molecule has 3 rings (SSSR count). The number of rotatable bonds is 6. The van der Waals surface area contributed by atoms with E-state index in [0.717, 1.165) is 38.7 Å². The maximum atomic E-state index is 12.3. The number of aryl methyl sites for hydroxylation is 1. The van der Waals surface area contributed by atoms with Crippen LogP contribution >= 0.6 is 0 Å². The molecular weight excluding hydrogens is 314 g/mol. The maximum absolute atomic E-state index is 12.3. The summed E-state index contributed by atoms with van der Waals surface area (Å²) in [4.78, 5) is 24.9. The number of nitrogens with one attached hydrogen (secondary N) is 1. The molecule has 2 heterocycles. The Balaban J connectivity index is 1.37. The van der Waals surface area contributed by atoms with Crippen molar-refractivity contribution in [3.05, 3.63) is 53.9 Å². The van der Waals surface area contributed by atoms with Crippen molar-refractivity contribution in [3.8, 4) is 0 Å². The summed E-state index contributed by atoms with van der Waals surface area (Å²) in [6, 6.07) is 10.2. The zero-order valence-electron chi connectivity index (χ0n) is 14.7. The second-order valence-electron chi connectivity index (χ2n) is 6.33. The standard InChI is InChI=1S/C19H25N5O/c1-16-4-2-5-17(14-16)15-20-9-6-18(25)23-10-12-24(13-11-23)19-21-7-3-8-22-19/h2-5,7-8,14,20H,6,9-13,15H2,1H3. The third-order valence-electron chi connectivity index (χ3n) is 4.39. The molecule has 6 heteroatoms. The molecule has 0 spiro atoms. The van der Waals surface area contributed by atoms with E-state index in [2.05, 4.69) is 51.4 Å². The van der Waals surface area contributed by atoms with Gasteiger partial charge in [0, 0.05) is 58.1 Å². The fourth-order valence-electron chi connectivity index (χ4n) is 3.02. The summed E-state index contributed by atoms with van der Waals surface area (Å²) in [7, 11) is 0. The van der Waals surface area contributed by atoms with Crippen LogP contribution in [0.3, 0.4) is 0 Å². The van der Waals surface area contributed by atoms with E-state index in [1.807, 2.05) is 11.0 Å². The fourth-order valence-corrected chi connectivity index (χ4v) is 3.02. The smallest absolute Gasteiger partial charge is 0.225 e. The molecule has 1 aliphatic rings. The van der Waals surface area contributed by atoms with Gasteiger partial charge in [-0.3, -0.25) is 4.79 Å². The van der Waals surface area contributed by atoms with Gasteiger partial charge in [0.05, 0.1) is 0 Å². The molecule has 6 nitrogen and oxygen atoms in total. The van der Waals surface area contributed by atoms with Gasteiger partial charge < -0.3 is 15.1 Å². The van der Waals surface area contributed by atoms with Crippen molar-refractivity contribution in [3.63, 3.8) is 0 Å². The van der Waals surface area contributed by atoms with Crippen LogP contribution in [0.25, 0.3) is 0 Å². The van der Waals surface area contributed by atoms with Crippen molar-refractivity contribution in [2.75, 3.05) is 37.6 Å². The van der Waals surface area contributed by atoms with Gasteiger partial charge in [-0.05, 0) is 18.6 Å². The number of amides is 1. The normalized spacial score (nSPS) is 14.6. The number of carbonyl (C=O) groups excluding carboxylic acids is 1. The monoisotopic (exact) mass is 339 g/mol. The summed E-state index contributed by atoms with van der Waals surface area (Å²) in [6.45, 7) is 6.62. The Bertz CT molecular complexity index is 683. The van der Waals surface area contributed by atoms with Crippen molar-refractivity contribution >= 4 is 11.9 Å². The van der Waals surface area contributed by atoms with Gasteiger partial charge >= 0.3 is 0 Å². The highest BCUT2D eigenvalue weighted by molar-refractivity contribution is 5.76. The van der Waals surface area contributed by atoms with E-state index in [9.17, 15) is 4.79 Å². The Morgan fingerprint density at radius 1 is 1.12 bits per heavy atom. The first-order chi connectivity index (χ1) is 12.2. The van der Waals surface area contributed by atoms with E-state index >= 15 is 0 Å². The minimum atomic E-state index is 0.213. The molecule has 0 unspecified atom stereocenters. The molecule has 0 saturated carbocycles. The molecule has 0 atom stereocenters. The Morgan fingerprint density at radius 3 is 2.60 bits per heavy atom. The van der Waals surface area contributed by atoms with Crippen molar-refractivity contribution in [2.45, 2.75) is 19.9 Å². The van der Waals surface area contributed by atoms with Crippen LogP contribution in [0, 0.1) is 6.92 Å². The molecule has 1 fully saturated rings. The molecule has 1 aromatic heterocycles. The zero-order chi connectivity index (χ0) is 17.5. The van der Waals surface area contributed by atoms with Crippen LogP contribution in [0.1, 0.15) is 17.5 Å². The van der Waals surface area contributed by atoms with Gasteiger partial charge in [-0.2, -0.15) is 0 Å². The molecule has 2 aromatic rings. The molecular formula is C19H25N5O. The van der Waals surface area contributed by atoms with Gasteiger partial charge in [-0.15, -0.1) is 0 Å². The second kappa shape index (κ2) is 8.58. The number of piperazine rings is 1. The number of aromatic nitrogens is 2. The fraction of sp³-hybridized carbons (Fsp3) is 0.421. The summed E-state index contributed by atoms with van der Waals surface area (Å²) in [5, 5.41) is 3.36. The first-order valence-electron chi connectivity index (χ1n) is 8.78. The predicted octanol–water partition coefficient (Wildman–Crippen LogP) is 1.61. The average Bonchev–Trinajstić information content (AvgIpc) is 2.66. The summed E-state index contributed by atoms with van der Waals surface area (Å²) < 4.78 is 0. The summed E-state index contributed by atoms with van der Waals surface area (Å²) in [5.41, 5.74) is 2.51. The highest BCUT2D eigenvalue weighted by atomic mass is 16.2. The van der Waals surface area contributed by atoms with E-state index in [-0.39, 0.29) is 5.91 Å². The Hall–Kier alpha value is -2.47. The largest absolute Gasteiger partial charge is 0.339 e. The van der Waals surface area contributed by atoms with Gasteiger partial charge in [-0.25, -0.2) is 9.97 Å². The van der Waals surface area contributed by atoms with E-state index in [4.69, 9.17) is 0 Å². The highest BCUT2D eigenvalue weighted by Gasteiger charge is 2.21. The molecule has 1 saturated heterocycles. The lowest BCUT2D eigenvalue weighted by molar-refractivity contribution is -0.131. The molecule has 1 aliphatic heterocycles. The third-order valence-corrected chi connectivity index (χ3v) is 4.39. The number of nitrogens with zero attached hydrogens (tertiary/aromatic N) is 4. The molecule has 132 valence electrons. The van der Waals surface area contributed by atoms with Gasteiger partial charge in [0.1, 0.15) is 0 Å². The summed E-state index contributed by atoms with van der Waals surface area (Å²) in [6.07, 6.45) is 4.03. The van der Waals surface area contributed by atoms with E-state index in [0.29, 0.717) is 13.0 Å². The minimum Gasteiger partial charge on any atom is -0.339 e. The van der Waals surface area contributed by atoms with Gasteiger partial charge in [0.25, 0.3) is 0 Å². The van der Waals surface area contributed by atoms with E-state index in [1.54, 1.807) is 12.4 Å². The van der Waals surface area contributed by atoms with Crippen molar-refractivity contribution in [1.29, 1.82) is 0 Å². The van der Waals surface area contributed by atoms with Crippen molar-refractivity contribution < 1.29 is 4.79 Å². The summed E-state index contributed by atoms with van der Waals surface area (Å²) >= 11 is 0. The number of carbonyl (C=O) groups is 1. The topological polar surface area (TPSA) is 61.4 Å². The first kappa shape index (κ1) is 17.4. The van der Waals surface area contributed by atoms with Gasteiger partial charge in [0.2, 0.25) is 11.9 Å². The van der Waals surface area contributed by atoms with Crippen molar-refractivity contribution in [1.82, 2.24) is 20.2 Å². The molecule has 0 bridgehead atoms. The lowest BCUT2D eigenvalue weighted by atomic mass is 10.1. The zero-order valence-corrected chi connectivity index (χ0v) is 14.7. The Labute approximate surface area is 148 Å². The summed E-state index contributed by atoms with van der Waals surface area (Å²) in [5.74, 6) is 0.958. The van der Waals surface area contributed by atoms with Crippen LogP contribution in [0.4, 0.5) is 5.95 Å². The average molecular weight is 339 g/mol. The maximum Gasteiger partial charge on any atom is 0.225 e. The molecule has 0 radical (unpaired) electrons. The number of benzene rings is 1. The Morgan fingerprint density at radius 2 is 1.88 bits per heavy atom. The Kier molecular flexibility index (Phi) is 5.95. The number of hydrogen-bond donors (Lipinski definition) is 1. The minimum absolute atomic E-state index is 0.213. The highest BCUT2D eigenvalue weighted by Crippen LogP contribution is 2.10. The lowest BCUT2D eigenvalue weighted by Crippen LogP contribution is -2.49. The molecule has 1 N–H and O–H groups in total. The van der Waals surface area contributed by atoms with E-state index < -0.39 is 0 Å². The molecule has 1 aromatic carbocycles.